The summed E-state index contributed by atoms with van der Waals surface area (Å²) in [5, 5.41) is 2.59. The lowest BCUT2D eigenvalue weighted by Gasteiger charge is -2.23. The van der Waals surface area contributed by atoms with Crippen molar-refractivity contribution in [2.75, 3.05) is 13.2 Å². The van der Waals surface area contributed by atoms with Gasteiger partial charge in [-0.05, 0) is 10.6 Å². The third-order valence-corrected chi connectivity index (χ3v) is 5.31. The van der Waals surface area contributed by atoms with Crippen LogP contribution in [0.25, 0.3) is 0 Å². The molecule has 92 valence electrons. The van der Waals surface area contributed by atoms with Gasteiger partial charge in [-0.3, -0.25) is 0 Å². The Morgan fingerprint density at radius 2 is 1.17 bits per heavy atom. The van der Waals surface area contributed by atoms with Crippen LogP contribution in [0.4, 0.5) is 0 Å². The lowest BCUT2D eigenvalue weighted by molar-refractivity contribution is 0.0307. The maximum absolute atomic E-state index is 5.73. The first-order chi connectivity index (χ1) is 8.95. The summed E-state index contributed by atoms with van der Waals surface area (Å²) in [6.45, 7) is 1.40. The zero-order valence-electron chi connectivity index (χ0n) is 10.0. The summed E-state index contributed by atoms with van der Waals surface area (Å²) in [6, 6.07) is 20.9. The van der Waals surface area contributed by atoms with Gasteiger partial charge in [-0.25, -0.2) is 0 Å². The van der Waals surface area contributed by atoms with E-state index in [-0.39, 0.29) is 6.03 Å². The van der Waals surface area contributed by atoms with Crippen LogP contribution in [0.15, 0.2) is 60.7 Å². The fraction of sp³-hybridized carbons (Fsp3) is 0.200. The highest BCUT2D eigenvalue weighted by molar-refractivity contribution is 7.73. The average Bonchev–Trinajstić information content (AvgIpc) is 2.95. The predicted octanol–water partition coefficient (Wildman–Crippen LogP) is 2.45. The van der Waals surface area contributed by atoms with Gasteiger partial charge in [-0.1, -0.05) is 60.7 Å². The quantitative estimate of drug-likeness (QED) is 0.787. The van der Waals surface area contributed by atoms with Crippen LogP contribution in [0, 0.1) is 0 Å². The molecule has 0 aromatic heterocycles. The molecule has 1 saturated heterocycles. The van der Waals surface area contributed by atoms with Crippen molar-refractivity contribution in [3.63, 3.8) is 0 Å². The molecule has 1 aliphatic rings. The van der Waals surface area contributed by atoms with Crippen molar-refractivity contribution in [1.29, 1.82) is 0 Å². The maximum Gasteiger partial charge on any atom is 0.184 e. The Bertz CT molecular complexity index is 441. The van der Waals surface area contributed by atoms with E-state index in [1.54, 1.807) is 0 Å². The molecule has 2 aromatic carbocycles. The van der Waals surface area contributed by atoms with Gasteiger partial charge in [-0.15, -0.1) is 0 Å². The van der Waals surface area contributed by atoms with Crippen molar-refractivity contribution in [2.24, 2.45) is 0 Å². The fourth-order valence-electron chi connectivity index (χ4n) is 2.06. The van der Waals surface area contributed by atoms with Crippen LogP contribution in [0.2, 0.25) is 0 Å². The van der Waals surface area contributed by atoms with Gasteiger partial charge in [0.05, 0.1) is 13.2 Å². The van der Waals surface area contributed by atoms with Gasteiger partial charge in [0.2, 0.25) is 0 Å². The number of rotatable bonds is 3. The van der Waals surface area contributed by atoms with Gasteiger partial charge in [0.1, 0.15) is 0 Å². The largest absolute Gasteiger partial charge is 0.346 e. The Balaban J connectivity index is 1.98. The van der Waals surface area contributed by atoms with Crippen LogP contribution in [-0.2, 0) is 9.47 Å². The van der Waals surface area contributed by atoms with Crippen molar-refractivity contribution in [3.8, 4) is 0 Å². The third kappa shape index (κ3) is 2.46. The van der Waals surface area contributed by atoms with Crippen molar-refractivity contribution in [1.82, 2.24) is 0 Å². The fourth-order valence-corrected chi connectivity index (χ4v) is 4.35. The normalized spacial score (nSPS) is 16.3. The molecule has 0 unspecified atom stereocenters. The molecule has 0 saturated carbocycles. The van der Waals surface area contributed by atoms with Crippen molar-refractivity contribution in [3.05, 3.63) is 60.7 Å². The lowest BCUT2D eigenvalue weighted by Crippen LogP contribution is -2.22. The van der Waals surface area contributed by atoms with Crippen LogP contribution in [-0.4, -0.2) is 19.2 Å². The minimum absolute atomic E-state index is 0.107. The van der Waals surface area contributed by atoms with E-state index in [4.69, 9.17) is 9.47 Å². The van der Waals surface area contributed by atoms with Crippen LogP contribution in [0.1, 0.15) is 0 Å². The molecule has 0 amide bonds. The topological polar surface area (TPSA) is 18.5 Å². The molecular weight excluding hydrogens is 243 g/mol. The second-order valence-electron chi connectivity index (χ2n) is 4.09. The number of hydrogen-bond acceptors (Lipinski definition) is 2. The van der Waals surface area contributed by atoms with Crippen molar-refractivity contribution >= 4 is 18.5 Å². The molecule has 2 nitrogen and oxygen atoms in total. The number of hydrogen-bond donors (Lipinski definition) is 0. The molecule has 2 aromatic rings. The minimum Gasteiger partial charge on any atom is -0.346 e. The molecule has 0 radical (unpaired) electrons. The zero-order valence-corrected chi connectivity index (χ0v) is 10.9. The van der Waals surface area contributed by atoms with E-state index in [1.807, 2.05) is 12.1 Å². The zero-order chi connectivity index (χ0) is 12.2. The summed E-state index contributed by atoms with van der Waals surface area (Å²) in [5.41, 5.74) is 0. The minimum atomic E-state index is -0.596. The first kappa shape index (κ1) is 11.9. The number of benzene rings is 2. The van der Waals surface area contributed by atoms with E-state index >= 15 is 0 Å². The molecule has 1 aliphatic heterocycles. The highest BCUT2D eigenvalue weighted by Crippen LogP contribution is 2.42. The summed E-state index contributed by atoms with van der Waals surface area (Å²) >= 11 is 0. The smallest absolute Gasteiger partial charge is 0.184 e. The molecule has 3 heteroatoms. The standard InChI is InChI=1S/C15H15O2P/c1-3-7-13(8-4-1)18(15-16-11-12-17-15)14-9-5-2-6-10-14/h1-10,15H,11-12H2. The van der Waals surface area contributed by atoms with Crippen LogP contribution < -0.4 is 10.6 Å². The first-order valence-corrected chi connectivity index (χ1v) is 7.49. The Kier molecular flexibility index (Phi) is 3.70. The summed E-state index contributed by atoms with van der Waals surface area (Å²) in [6.07, 6.45) is 0. The van der Waals surface area contributed by atoms with E-state index in [9.17, 15) is 0 Å². The van der Waals surface area contributed by atoms with Gasteiger partial charge >= 0.3 is 0 Å². The highest BCUT2D eigenvalue weighted by Gasteiger charge is 2.29. The molecule has 0 bridgehead atoms. The molecule has 18 heavy (non-hydrogen) atoms. The number of ether oxygens (including phenoxy) is 2. The first-order valence-electron chi connectivity index (χ1n) is 6.08. The summed E-state index contributed by atoms with van der Waals surface area (Å²) < 4.78 is 11.5. The second-order valence-corrected chi connectivity index (χ2v) is 6.28. The lowest BCUT2D eigenvalue weighted by atomic mass is 10.4. The summed E-state index contributed by atoms with van der Waals surface area (Å²) in [4.78, 5) is 0. The van der Waals surface area contributed by atoms with Crippen molar-refractivity contribution < 1.29 is 9.47 Å². The molecule has 1 fully saturated rings. The van der Waals surface area contributed by atoms with Crippen LogP contribution in [0.3, 0.4) is 0 Å². The molecule has 0 aliphatic carbocycles. The van der Waals surface area contributed by atoms with Crippen LogP contribution in [0.5, 0.6) is 0 Å². The SMILES string of the molecule is c1ccc(P(c2ccccc2)C2OCCO2)cc1. The molecule has 0 atom stereocenters. The monoisotopic (exact) mass is 258 g/mol. The average molecular weight is 258 g/mol. The molecule has 3 rings (SSSR count). The van der Waals surface area contributed by atoms with E-state index in [0.717, 1.165) is 0 Å². The second kappa shape index (κ2) is 5.62. The predicted molar refractivity (Wildman–Crippen MR) is 74.8 cm³/mol. The Hall–Kier alpha value is -1.21. The third-order valence-electron chi connectivity index (χ3n) is 2.88. The van der Waals surface area contributed by atoms with E-state index in [2.05, 4.69) is 48.5 Å². The Morgan fingerprint density at radius 3 is 1.61 bits per heavy atom. The highest BCUT2D eigenvalue weighted by atomic mass is 31.1. The van der Waals surface area contributed by atoms with Crippen molar-refractivity contribution in [2.45, 2.75) is 6.03 Å². The van der Waals surface area contributed by atoms with Gasteiger partial charge in [-0.2, -0.15) is 0 Å². The van der Waals surface area contributed by atoms with Gasteiger partial charge in [0.25, 0.3) is 0 Å². The van der Waals surface area contributed by atoms with E-state index in [0.29, 0.717) is 13.2 Å². The molecule has 0 N–H and O–H groups in total. The van der Waals surface area contributed by atoms with E-state index in [1.165, 1.54) is 10.6 Å². The van der Waals surface area contributed by atoms with E-state index < -0.39 is 7.92 Å². The Morgan fingerprint density at radius 1 is 0.722 bits per heavy atom. The van der Waals surface area contributed by atoms with Gasteiger partial charge in [0, 0.05) is 7.92 Å². The summed E-state index contributed by atoms with van der Waals surface area (Å²) in [5.74, 6) is 0. The van der Waals surface area contributed by atoms with Crippen LogP contribution >= 0.6 is 7.92 Å². The van der Waals surface area contributed by atoms with Gasteiger partial charge in [0.15, 0.2) is 6.03 Å². The molecule has 1 heterocycles. The molecular formula is C15H15O2P. The maximum atomic E-state index is 5.73. The summed E-state index contributed by atoms with van der Waals surface area (Å²) in [7, 11) is -0.596. The molecule has 0 spiro atoms. The Labute approximate surface area is 108 Å². The van der Waals surface area contributed by atoms with Gasteiger partial charge < -0.3 is 9.47 Å².